The number of ether oxygens (including phenoxy) is 1. The van der Waals surface area contributed by atoms with Crippen molar-refractivity contribution in [3.8, 4) is 0 Å². The van der Waals surface area contributed by atoms with Crippen LogP contribution in [0.4, 0.5) is 16.3 Å². The summed E-state index contributed by atoms with van der Waals surface area (Å²) >= 11 is 0. The van der Waals surface area contributed by atoms with Crippen LogP contribution in [0.2, 0.25) is 0 Å². The fourth-order valence-corrected chi connectivity index (χ4v) is 4.01. The minimum Gasteiger partial charge on any atom is -0.446 e. The van der Waals surface area contributed by atoms with E-state index in [0.717, 1.165) is 29.2 Å². The number of nitrogens with one attached hydrogen (secondary N) is 3. The summed E-state index contributed by atoms with van der Waals surface area (Å²) in [4.78, 5) is 30.1. The average Bonchev–Trinajstić information content (AvgIpc) is 2.71. The van der Waals surface area contributed by atoms with Gasteiger partial charge in [-0.3, -0.25) is 15.0 Å². The van der Waals surface area contributed by atoms with E-state index in [1.54, 1.807) is 4.90 Å². The van der Waals surface area contributed by atoms with Crippen molar-refractivity contribution in [2.24, 2.45) is 0 Å². The van der Waals surface area contributed by atoms with Gasteiger partial charge >= 0.3 is 6.09 Å². The van der Waals surface area contributed by atoms with Crippen molar-refractivity contribution < 1.29 is 19.3 Å². The first-order chi connectivity index (χ1) is 14.8. The number of aryl methyl sites for hydroxylation is 1. The van der Waals surface area contributed by atoms with Gasteiger partial charge in [0.1, 0.15) is 12.2 Å². The van der Waals surface area contributed by atoms with E-state index in [-0.39, 0.29) is 30.2 Å². The van der Waals surface area contributed by atoms with Crippen LogP contribution in [0.15, 0.2) is 36.4 Å². The molecule has 7 nitrogen and oxygen atoms in total. The average molecular weight is 426 g/mol. The van der Waals surface area contributed by atoms with E-state index in [1.807, 2.05) is 52.0 Å². The molecular weight excluding hydrogens is 392 g/mol. The molecule has 166 valence electrons. The normalized spacial score (nSPS) is 17.8. The van der Waals surface area contributed by atoms with Crippen molar-refractivity contribution in [3.05, 3.63) is 53.2 Å². The van der Waals surface area contributed by atoms with Gasteiger partial charge < -0.3 is 10.1 Å². The van der Waals surface area contributed by atoms with E-state index in [0.29, 0.717) is 13.0 Å². The molecule has 2 aromatic rings. The minimum atomic E-state index is -0.359. The Balaban J connectivity index is 1.99. The van der Waals surface area contributed by atoms with Gasteiger partial charge in [-0.25, -0.2) is 9.78 Å². The monoisotopic (exact) mass is 425 g/mol. The second-order valence-electron chi connectivity index (χ2n) is 8.32. The number of carbonyl (C=O) groups excluding carboxylic acids is 2. The summed E-state index contributed by atoms with van der Waals surface area (Å²) in [5.74, 6) is 0.766. The summed E-state index contributed by atoms with van der Waals surface area (Å²) in [6.45, 7) is 9.92. The number of rotatable bonds is 6. The predicted molar refractivity (Wildman–Crippen MR) is 121 cm³/mol. The summed E-state index contributed by atoms with van der Waals surface area (Å²) in [6, 6.07) is 11.9. The number of anilines is 2. The molecule has 1 aliphatic heterocycles. The molecule has 0 saturated heterocycles. The zero-order valence-corrected chi connectivity index (χ0v) is 19.0. The Morgan fingerprint density at radius 3 is 2.58 bits per heavy atom. The molecule has 3 rings (SSSR count). The van der Waals surface area contributed by atoms with E-state index in [2.05, 4.69) is 27.8 Å². The molecule has 0 spiro atoms. The molecule has 7 heteroatoms. The van der Waals surface area contributed by atoms with E-state index in [4.69, 9.17) is 4.74 Å². The van der Waals surface area contributed by atoms with Gasteiger partial charge in [-0.2, -0.15) is 0 Å². The highest BCUT2D eigenvalue weighted by atomic mass is 16.6. The van der Waals surface area contributed by atoms with Crippen molar-refractivity contribution in [2.45, 2.75) is 72.2 Å². The van der Waals surface area contributed by atoms with Gasteiger partial charge in [-0.05, 0) is 45.2 Å². The van der Waals surface area contributed by atoms with Crippen molar-refractivity contribution in [2.75, 3.05) is 10.2 Å². The van der Waals surface area contributed by atoms with Gasteiger partial charge in [0.25, 0.3) is 5.82 Å². The Hall–Kier alpha value is -3.09. The highest BCUT2D eigenvalue weighted by molar-refractivity contribution is 5.90. The number of hydrogen-bond acceptors (Lipinski definition) is 4. The number of hydrogen-bond donors (Lipinski definition) is 2. The van der Waals surface area contributed by atoms with Crippen molar-refractivity contribution in [1.82, 2.24) is 5.32 Å². The molecule has 2 unspecified atom stereocenters. The zero-order chi connectivity index (χ0) is 22.5. The lowest BCUT2D eigenvalue weighted by molar-refractivity contribution is -0.378. The van der Waals surface area contributed by atoms with Crippen LogP contribution in [-0.2, 0) is 16.1 Å². The second-order valence-corrected chi connectivity index (χ2v) is 8.32. The van der Waals surface area contributed by atoms with E-state index in [1.165, 1.54) is 12.5 Å². The number of carbonyl (C=O) groups is 2. The quantitative estimate of drug-likeness (QED) is 0.729. The SMILES string of the molecule is CCC1CC(NC(C)=O)c2[nH+]c(NCc3ccccc3)c(C)cc2N1C(=O)OC(C)C. The summed E-state index contributed by atoms with van der Waals surface area (Å²) in [7, 11) is 0. The number of benzene rings is 1. The van der Waals surface area contributed by atoms with Gasteiger partial charge in [-0.15, -0.1) is 0 Å². The van der Waals surface area contributed by atoms with Crippen LogP contribution in [0.5, 0.6) is 0 Å². The first-order valence-corrected chi connectivity index (χ1v) is 10.9. The number of nitrogens with zero attached hydrogens (tertiary/aromatic N) is 1. The van der Waals surface area contributed by atoms with E-state index >= 15 is 0 Å². The molecule has 3 N–H and O–H groups in total. The Kier molecular flexibility index (Phi) is 7.15. The highest BCUT2D eigenvalue weighted by Gasteiger charge is 2.40. The number of aromatic nitrogens is 1. The Bertz CT molecular complexity index is 930. The summed E-state index contributed by atoms with van der Waals surface area (Å²) < 4.78 is 5.54. The summed E-state index contributed by atoms with van der Waals surface area (Å²) in [5.41, 5.74) is 3.71. The van der Waals surface area contributed by atoms with Crippen LogP contribution >= 0.6 is 0 Å². The third-order valence-corrected chi connectivity index (χ3v) is 5.46. The molecule has 0 saturated carbocycles. The molecule has 31 heavy (non-hydrogen) atoms. The van der Waals surface area contributed by atoms with Gasteiger partial charge in [0.15, 0.2) is 0 Å². The minimum absolute atomic E-state index is 0.0634. The van der Waals surface area contributed by atoms with Crippen molar-refractivity contribution in [1.29, 1.82) is 0 Å². The Labute approximate surface area is 184 Å². The number of fused-ring (bicyclic) bond motifs is 1. The summed E-state index contributed by atoms with van der Waals surface area (Å²) in [5, 5.41) is 6.50. The van der Waals surface area contributed by atoms with Crippen LogP contribution in [0.1, 0.15) is 63.4 Å². The van der Waals surface area contributed by atoms with Crippen molar-refractivity contribution in [3.63, 3.8) is 0 Å². The van der Waals surface area contributed by atoms with Crippen LogP contribution in [-0.4, -0.2) is 24.1 Å². The molecule has 2 heterocycles. The highest BCUT2D eigenvalue weighted by Crippen LogP contribution is 2.38. The molecule has 0 bridgehead atoms. The Morgan fingerprint density at radius 1 is 1.26 bits per heavy atom. The molecule has 1 aromatic heterocycles. The first kappa shape index (κ1) is 22.6. The Morgan fingerprint density at radius 2 is 1.97 bits per heavy atom. The summed E-state index contributed by atoms with van der Waals surface area (Å²) in [6.07, 6.45) is 0.810. The van der Waals surface area contributed by atoms with Crippen LogP contribution in [0.25, 0.3) is 0 Å². The van der Waals surface area contributed by atoms with E-state index in [9.17, 15) is 9.59 Å². The first-order valence-electron chi connectivity index (χ1n) is 10.9. The van der Waals surface area contributed by atoms with Gasteiger partial charge in [0.05, 0.1) is 17.8 Å². The molecule has 2 amide bonds. The zero-order valence-electron chi connectivity index (χ0n) is 19.0. The lowest BCUT2D eigenvalue weighted by Gasteiger charge is -2.38. The molecule has 1 aliphatic rings. The third-order valence-electron chi connectivity index (χ3n) is 5.46. The number of pyridine rings is 1. The smallest absolute Gasteiger partial charge is 0.414 e. The second kappa shape index (κ2) is 9.81. The van der Waals surface area contributed by atoms with Gasteiger partial charge in [-0.1, -0.05) is 37.3 Å². The number of aromatic amines is 1. The van der Waals surface area contributed by atoms with Gasteiger partial charge in [0, 0.05) is 18.5 Å². The number of amides is 2. The lowest BCUT2D eigenvalue weighted by Crippen LogP contribution is -2.50. The fraction of sp³-hybridized carbons (Fsp3) is 0.458. The van der Waals surface area contributed by atoms with Gasteiger partial charge in [0.2, 0.25) is 5.91 Å². The lowest BCUT2D eigenvalue weighted by atomic mass is 9.92. The molecule has 1 aromatic carbocycles. The predicted octanol–water partition coefficient (Wildman–Crippen LogP) is 4.13. The standard InChI is InChI=1S/C24H32N4O3/c1-6-19-13-20(26-17(5)29)22-21(28(19)24(30)31-15(2)3)12-16(4)23(27-22)25-14-18-10-8-7-9-11-18/h7-12,15,19-20H,6,13-14H2,1-5H3,(H,25,27)(H,26,29)/p+1. The molecule has 0 fully saturated rings. The maximum absolute atomic E-state index is 13.0. The molecule has 0 aliphatic carbocycles. The van der Waals surface area contributed by atoms with Crippen LogP contribution < -0.4 is 20.5 Å². The molecule has 2 atom stereocenters. The number of H-pyrrole nitrogens is 1. The molecule has 0 radical (unpaired) electrons. The largest absolute Gasteiger partial charge is 0.446 e. The topological polar surface area (TPSA) is 84.8 Å². The maximum atomic E-state index is 13.0. The molecular formula is C24H33N4O3+. The van der Waals surface area contributed by atoms with Crippen molar-refractivity contribution >= 4 is 23.5 Å². The third kappa shape index (κ3) is 5.34. The maximum Gasteiger partial charge on any atom is 0.414 e. The van der Waals surface area contributed by atoms with E-state index < -0.39 is 0 Å². The van der Waals surface area contributed by atoms with Crippen LogP contribution in [0, 0.1) is 6.92 Å². The fourth-order valence-electron chi connectivity index (χ4n) is 4.01. The van der Waals surface area contributed by atoms with Crippen LogP contribution in [0.3, 0.4) is 0 Å².